The van der Waals surface area contributed by atoms with Crippen LogP contribution in [0.25, 0.3) is 0 Å². The lowest BCUT2D eigenvalue weighted by molar-refractivity contribution is -0.107. The van der Waals surface area contributed by atoms with Crippen LogP contribution in [0, 0.1) is 0 Å². The van der Waals surface area contributed by atoms with E-state index < -0.39 is 10.8 Å². The smallest absolute Gasteiger partial charge is 0.355 e. The van der Waals surface area contributed by atoms with E-state index in [1.165, 1.54) is 5.38 Å². The molecule has 0 aliphatic heterocycles. The maximum Gasteiger partial charge on any atom is 0.355 e. The molecule has 0 bridgehead atoms. The predicted octanol–water partition coefficient (Wildman–Crippen LogP) is 1.48. The summed E-state index contributed by atoms with van der Waals surface area (Å²) in [5, 5.41) is 10.4. The lowest BCUT2D eigenvalue weighted by atomic mass is 10.5. The lowest BCUT2D eigenvalue weighted by Crippen LogP contribution is -1.97. The molecule has 4 nitrogen and oxygen atoms in total. The Balaban J connectivity index is 2.91. The van der Waals surface area contributed by atoms with Crippen LogP contribution in [-0.4, -0.2) is 22.3 Å². The van der Waals surface area contributed by atoms with Gasteiger partial charge in [0.25, 0.3) is 0 Å². The van der Waals surface area contributed by atoms with Crippen molar-refractivity contribution in [1.29, 1.82) is 0 Å². The van der Waals surface area contributed by atoms with Crippen LogP contribution in [0.1, 0.15) is 20.3 Å². The van der Waals surface area contributed by atoms with Crippen molar-refractivity contribution in [2.75, 3.05) is 0 Å². The zero-order valence-electron chi connectivity index (χ0n) is 5.73. The topological polar surface area (TPSA) is 67.3 Å². The number of alkyl halides is 1. The van der Waals surface area contributed by atoms with Crippen molar-refractivity contribution in [2.24, 2.45) is 0 Å². The van der Waals surface area contributed by atoms with E-state index >= 15 is 0 Å². The molecule has 0 radical (unpaired) electrons. The van der Waals surface area contributed by atoms with Crippen LogP contribution in [0.3, 0.4) is 0 Å². The molecule has 0 spiro atoms. The fraction of sp³-hybridized carbons (Fsp3) is 0.167. The molecule has 6 heteroatoms. The van der Waals surface area contributed by atoms with E-state index in [4.69, 9.17) is 5.11 Å². The van der Waals surface area contributed by atoms with E-state index in [2.05, 4.69) is 20.9 Å². The van der Waals surface area contributed by atoms with E-state index in [-0.39, 0.29) is 5.69 Å². The SMILES string of the molecule is O=CC(Br)c1nc(C(=O)O)cs1. The van der Waals surface area contributed by atoms with Crippen LogP contribution in [0.5, 0.6) is 0 Å². The third-order valence-electron chi connectivity index (χ3n) is 1.10. The Morgan fingerprint density at radius 1 is 1.83 bits per heavy atom. The van der Waals surface area contributed by atoms with Gasteiger partial charge in [-0.15, -0.1) is 11.3 Å². The maximum absolute atomic E-state index is 10.4. The molecular weight excluding hydrogens is 246 g/mol. The molecule has 1 unspecified atom stereocenters. The fourth-order valence-corrected chi connectivity index (χ4v) is 1.72. The minimum absolute atomic E-state index is 0.0266. The molecule has 0 amide bonds. The van der Waals surface area contributed by atoms with Crippen LogP contribution in [-0.2, 0) is 4.79 Å². The molecule has 1 rings (SSSR count). The number of halogens is 1. The van der Waals surface area contributed by atoms with Gasteiger partial charge in [-0.1, -0.05) is 15.9 Å². The molecule has 1 N–H and O–H groups in total. The highest BCUT2D eigenvalue weighted by Gasteiger charge is 2.13. The minimum atomic E-state index is -1.08. The van der Waals surface area contributed by atoms with E-state index in [1.54, 1.807) is 0 Å². The van der Waals surface area contributed by atoms with Gasteiger partial charge in [0, 0.05) is 5.38 Å². The molecule has 0 fully saturated rings. The van der Waals surface area contributed by atoms with Crippen molar-refractivity contribution in [1.82, 2.24) is 4.98 Å². The highest BCUT2D eigenvalue weighted by atomic mass is 79.9. The zero-order chi connectivity index (χ0) is 9.14. The number of hydrogen-bond acceptors (Lipinski definition) is 4. The number of thiazole rings is 1. The predicted molar refractivity (Wildman–Crippen MR) is 46.8 cm³/mol. The second-order valence-corrected chi connectivity index (χ2v) is 3.79. The van der Waals surface area contributed by atoms with Crippen molar-refractivity contribution in [3.63, 3.8) is 0 Å². The van der Waals surface area contributed by atoms with Crippen molar-refractivity contribution >= 4 is 39.5 Å². The maximum atomic E-state index is 10.4. The largest absolute Gasteiger partial charge is 0.476 e. The minimum Gasteiger partial charge on any atom is -0.476 e. The molecule has 64 valence electrons. The van der Waals surface area contributed by atoms with Crippen LogP contribution in [0.15, 0.2) is 5.38 Å². The first-order valence-corrected chi connectivity index (χ1v) is 4.72. The lowest BCUT2D eigenvalue weighted by Gasteiger charge is -1.91. The monoisotopic (exact) mass is 249 g/mol. The van der Waals surface area contributed by atoms with Crippen LogP contribution in [0.4, 0.5) is 0 Å². The van der Waals surface area contributed by atoms with Crippen molar-refractivity contribution in [3.05, 3.63) is 16.1 Å². The zero-order valence-corrected chi connectivity index (χ0v) is 8.13. The molecule has 0 aliphatic carbocycles. The average Bonchev–Trinajstić information content (AvgIpc) is 2.51. The molecule has 1 heterocycles. The standard InChI is InChI=1S/C6H4BrNO3S/c7-3(1-9)5-8-4(2-12-5)6(10)11/h1-3H,(H,10,11). The quantitative estimate of drug-likeness (QED) is 0.651. The summed E-state index contributed by atoms with van der Waals surface area (Å²) in [5.74, 6) is -1.08. The number of aromatic carboxylic acids is 1. The summed E-state index contributed by atoms with van der Waals surface area (Å²) in [4.78, 5) is 23.8. The van der Waals surface area contributed by atoms with Gasteiger partial charge in [0.05, 0.1) is 0 Å². The second kappa shape index (κ2) is 3.77. The number of carbonyl (C=O) groups is 2. The van der Waals surface area contributed by atoms with Crippen molar-refractivity contribution in [2.45, 2.75) is 4.83 Å². The number of nitrogens with zero attached hydrogens (tertiary/aromatic N) is 1. The number of hydrogen-bond donors (Lipinski definition) is 1. The van der Waals surface area contributed by atoms with Gasteiger partial charge in [0.15, 0.2) is 5.69 Å². The van der Waals surface area contributed by atoms with Crippen LogP contribution in [0.2, 0.25) is 0 Å². The van der Waals surface area contributed by atoms with E-state index in [9.17, 15) is 9.59 Å². The third-order valence-corrected chi connectivity index (χ3v) is 2.98. The summed E-state index contributed by atoms with van der Waals surface area (Å²) in [6, 6.07) is 0. The first kappa shape index (κ1) is 9.34. The van der Waals surface area contributed by atoms with E-state index in [1.807, 2.05) is 0 Å². The van der Waals surface area contributed by atoms with Crippen molar-refractivity contribution < 1.29 is 14.7 Å². The van der Waals surface area contributed by atoms with Crippen LogP contribution < -0.4 is 0 Å². The van der Waals surface area contributed by atoms with Gasteiger partial charge in [0.1, 0.15) is 16.1 Å². The highest BCUT2D eigenvalue weighted by molar-refractivity contribution is 9.09. The number of carboxylic acids is 1. The normalized spacial score (nSPS) is 12.4. The number of carboxylic acid groups (broad SMARTS) is 1. The molecule has 1 aromatic rings. The Morgan fingerprint density at radius 3 is 2.92 bits per heavy atom. The number of rotatable bonds is 3. The van der Waals surface area contributed by atoms with Gasteiger partial charge >= 0.3 is 5.97 Å². The molecule has 1 aromatic heterocycles. The molecule has 0 saturated heterocycles. The summed E-state index contributed by atoms with van der Waals surface area (Å²) in [7, 11) is 0. The summed E-state index contributed by atoms with van der Waals surface area (Å²) < 4.78 is 0. The van der Waals surface area contributed by atoms with Gasteiger partial charge in [0.2, 0.25) is 0 Å². The first-order chi connectivity index (χ1) is 5.65. The molecule has 12 heavy (non-hydrogen) atoms. The molecule has 0 aromatic carbocycles. The van der Waals surface area contributed by atoms with Gasteiger partial charge < -0.3 is 9.90 Å². The van der Waals surface area contributed by atoms with Gasteiger partial charge in [-0.05, 0) is 0 Å². The molecular formula is C6H4BrNO3S. The number of carbonyl (C=O) groups excluding carboxylic acids is 1. The summed E-state index contributed by atoms with van der Waals surface area (Å²) in [5.41, 5.74) is -0.0266. The second-order valence-electron chi connectivity index (χ2n) is 1.91. The summed E-state index contributed by atoms with van der Waals surface area (Å²) in [6.07, 6.45) is 0.657. The highest BCUT2D eigenvalue weighted by Crippen LogP contribution is 2.23. The number of aldehydes is 1. The molecule has 0 aliphatic rings. The van der Waals surface area contributed by atoms with E-state index in [0.717, 1.165) is 11.3 Å². The fourth-order valence-electron chi connectivity index (χ4n) is 0.571. The first-order valence-electron chi connectivity index (χ1n) is 2.93. The third kappa shape index (κ3) is 1.89. The summed E-state index contributed by atoms with van der Waals surface area (Å²) >= 11 is 4.17. The average molecular weight is 250 g/mol. The molecule has 1 atom stereocenters. The number of aromatic nitrogens is 1. The van der Waals surface area contributed by atoms with Gasteiger partial charge in [-0.3, -0.25) is 0 Å². The Labute approximate surface area is 80.4 Å². The summed E-state index contributed by atoms with van der Waals surface area (Å²) in [6.45, 7) is 0. The Hall–Kier alpha value is -0.750. The van der Waals surface area contributed by atoms with Gasteiger partial charge in [-0.25, -0.2) is 9.78 Å². The van der Waals surface area contributed by atoms with Crippen LogP contribution >= 0.6 is 27.3 Å². The molecule has 0 saturated carbocycles. The Morgan fingerprint density at radius 2 is 2.50 bits per heavy atom. The van der Waals surface area contributed by atoms with E-state index in [0.29, 0.717) is 11.3 Å². The Kier molecular flexibility index (Phi) is 2.93. The van der Waals surface area contributed by atoms with Gasteiger partial charge in [-0.2, -0.15) is 0 Å². The van der Waals surface area contributed by atoms with Crippen molar-refractivity contribution in [3.8, 4) is 0 Å². The Bertz CT molecular complexity index is 311.